The quantitative estimate of drug-likeness (QED) is 0.819. The van der Waals surface area contributed by atoms with Crippen molar-refractivity contribution < 1.29 is 14.7 Å². The van der Waals surface area contributed by atoms with Gasteiger partial charge in [0, 0.05) is 45.3 Å². The second kappa shape index (κ2) is 6.43. The van der Waals surface area contributed by atoms with Crippen LogP contribution in [0.3, 0.4) is 0 Å². The van der Waals surface area contributed by atoms with E-state index in [1.54, 1.807) is 0 Å². The monoisotopic (exact) mass is 283 g/mol. The molecule has 6 nitrogen and oxygen atoms in total. The molecule has 2 amide bonds. The van der Waals surface area contributed by atoms with E-state index < -0.39 is 6.09 Å². The number of rotatable bonds is 2. The van der Waals surface area contributed by atoms with Crippen molar-refractivity contribution in [2.45, 2.75) is 32.7 Å². The smallest absolute Gasteiger partial charge is 0.407 e. The Balaban J connectivity index is 1.88. The number of likely N-dealkylation sites (tertiary alicyclic amines) is 1. The van der Waals surface area contributed by atoms with E-state index in [1.807, 2.05) is 4.90 Å². The summed E-state index contributed by atoms with van der Waals surface area (Å²) in [5.41, 5.74) is 0. The highest BCUT2D eigenvalue weighted by Crippen LogP contribution is 2.20. The molecule has 2 aliphatic heterocycles. The SMILES string of the molecule is CC(C)N1CCCN(C(=O)C2CCN(C(=O)O)C2)CC1. The van der Waals surface area contributed by atoms with E-state index in [4.69, 9.17) is 5.11 Å². The van der Waals surface area contributed by atoms with Crippen molar-refractivity contribution >= 4 is 12.0 Å². The Morgan fingerprint density at radius 3 is 2.40 bits per heavy atom. The van der Waals surface area contributed by atoms with E-state index in [9.17, 15) is 9.59 Å². The maximum Gasteiger partial charge on any atom is 0.407 e. The topological polar surface area (TPSA) is 64.1 Å². The van der Waals surface area contributed by atoms with E-state index in [-0.39, 0.29) is 11.8 Å². The zero-order valence-corrected chi connectivity index (χ0v) is 12.4. The molecular weight excluding hydrogens is 258 g/mol. The van der Waals surface area contributed by atoms with Gasteiger partial charge in [-0.15, -0.1) is 0 Å². The molecule has 0 aromatic heterocycles. The minimum Gasteiger partial charge on any atom is -0.465 e. The first-order valence-corrected chi connectivity index (χ1v) is 7.49. The minimum atomic E-state index is -0.915. The van der Waals surface area contributed by atoms with Gasteiger partial charge in [-0.3, -0.25) is 9.69 Å². The summed E-state index contributed by atoms with van der Waals surface area (Å²) in [7, 11) is 0. The minimum absolute atomic E-state index is 0.138. The zero-order valence-electron chi connectivity index (χ0n) is 12.4. The number of carbonyl (C=O) groups is 2. The summed E-state index contributed by atoms with van der Waals surface area (Å²) in [4.78, 5) is 29.1. The molecule has 0 aromatic carbocycles. The molecule has 2 saturated heterocycles. The van der Waals surface area contributed by atoms with Gasteiger partial charge >= 0.3 is 6.09 Å². The second-order valence-electron chi connectivity index (χ2n) is 6.02. The van der Waals surface area contributed by atoms with Crippen LogP contribution in [0.25, 0.3) is 0 Å². The highest BCUT2D eigenvalue weighted by atomic mass is 16.4. The molecule has 20 heavy (non-hydrogen) atoms. The first-order valence-electron chi connectivity index (χ1n) is 7.49. The average Bonchev–Trinajstić information content (AvgIpc) is 2.76. The summed E-state index contributed by atoms with van der Waals surface area (Å²) in [6, 6.07) is 0.513. The van der Waals surface area contributed by atoms with Gasteiger partial charge in [-0.1, -0.05) is 0 Å². The van der Waals surface area contributed by atoms with Gasteiger partial charge in [0.2, 0.25) is 5.91 Å². The summed E-state index contributed by atoms with van der Waals surface area (Å²) in [5.74, 6) is -0.00365. The third kappa shape index (κ3) is 3.42. The van der Waals surface area contributed by atoms with Crippen molar-refractivity contribution in [1.82, 2.24) is 14.7 Å². The van der Waals surface area contributed by atoms with Crippen LogP contribution >= 0.6 is 0 Å². The molecule has 2 aliphatic rings. The molecule has 0 aliphatic carbocycles. The predicted molar refractivity (Wildman–Crippen MR) is 75.6 cm³/mol. The van der Waals surface area contributed by atoms with E-state index in [2.05, 4.69) is 18.7 Å². The van der Waals surface area contributed by atoms with Gasteiger partial charge in [0.15, 0.2) is 0 Å². The lowest BCUT2D eigenvalue weighted by molar-refractivity contribution is -0.134. The molecule has 2 fully saturated rings. The molecule has 1 unspecified atom stereocenters. The summed E-state index contributed by atoms with van der Waals surface area (Å²) in [5, 5.41) is 8.96. The first kappa shape index (κ1) is 15.1. The van der Waals surface area contributed by atoms with Crippen LogP contribution in [0.2, 0.25) is 0 Å². The van der Waals surface area contributed by atoms with Gasteiger partial charge in [0.25, 0.3) is 0 Å². The molecule has 1 atom stereocenters. The van der Waals surface area contributed by atoms with Gasteiger partial charge < -0.3 is 14.9 Å². The molecule has 0 saturated carbocycles. The van der Waals surface area contributed by atoms with Crippen LogP contribution in [0.1, 0.15) is 26.7 Å². The fourth-order valence-electron chi connectivity index (χ4n) is 3.07. The first-order chi connectivity index (χ1) is 9.49. The molecule has 0 radical (unpaired) electrons. The maximum absolute atomic E-state index is 12.5. The van der Waals surface area contributed by atoms with E-state index >= 15 is 0 Å². The molecule has 0 aromatic rings. The molecule has 2 heterocycles. The molecular formula is C14H25N3O3. The van der Waals surface area contributed by atoms with Crippen molar-refractivity contribution in [2.24, 2.45) is 5.92 Å². The van der Waals surface area contributed by atoms with Crippen molar-refractivity contribution in [3.63, 3.8) is 0 Å². The molecule has 0 spiro atoms. The number of nitrogens with zero attached hydrogens (tertiary/aromatic N) is 3. The Bertz CT molecular complexity index is 373. The van der Waals surface area contributed by atoms with Crippen molar-refractivity contribution in [3.8, 4) is 0 Å². The third-order valence-corrected chi connectivity index (χ3v) is 4.38. The predicted octanol–water partition coefficient (Wildman–Crippen LogP) is 0.929. The lowest BCUT2D eigenvalue weighted by Crippen LogP contribution is -2.41. The lowest BCUT2D eigenvalue weighted by atomic mass is 10.1. The van der Waals surface area contributed by atoms with Crippen molar-refractivity contribution in [1.29, 1.82) is 0 Å². The summed E-state index contributed by atoms with van der Waals surface area (Å²) in [6.45, 7) is 8.72. The Hall–Kier alpha value is -1.30. The largest absolute Gasteiger partial charge is 0.465 e. The summed E-state index contributed by atoms with van der Waals surface area (Å²) in [6.07, 6.45) is 0.747. The number of carboxylic acid groups (broad SMARTS) is 1. The lowest BCUT2D eigenvalue weighted by Gasteiger charge is -2.26. The van der Waals surface area contributed by atoms with Gasteiger partial charge in [0.1, 0.15) is 0 Å². The van der Waals surface area contributed by atoms with E-state index in [0.717, 1.165) is 32.6 Å². The van der Waals surface area contributed by atoms with Gasteiger partial charge in [-0.05, 0) is 26.7 Å². The van der Waals surface area contributed by atoms with Gasteiger partial charge in [-0.25, -0.2) is 4.79 Å². The molecule has 1 N–H and O–H groups in total. The van der Waals surface area contributed by atoms with Gasteiger partial charge in [-0.2, -0.15) is 0 Å². The Morgan fingerprint density at radius 1 is 1.05 bits per heavy atom. The highest BCUT2D eigenvalue weighted by molar-refractivity contribution is 5.80. The number of hydrogen-bond donors (Lipinski definition) is 1. The maximum atomic E-state index is 12.5. The van der Waals surface area contributed by atoms with Crippen LogP contribution in [-0.2, 0) is 4.79 Å². The third-order valence-electron chi connectivity index (χ3n) is 4.38. The van der Waals surface area contributed by atoms with E-state index in [1.165, 1.54) is 4.90 Å². The molecule has 6 heteroatoms. The summed E-state index contributed by atoms with van der Waals surface area (Å²) >= 11 is 0. The molecule has 114 valence electrons. The number of amides is 2. The van der Waals surface area contributed by atoms with Crippen LogP contribution in [0.4, 0.5) is 4.79 Å². The van der Waals surface area contributed by atoms with E-state index in [0.29, 0.717) is 25.6 Å². The average molecular weight is 283 g/mol. The van der Waals surface area contributed by atoms with Crippen LogP contribution in [0.5, 0.6) is 0 Å². The van der Waals surface area contributed by atoms with Gasteiger partial charge in [0.05, 0.1) is 5.92 Å². The Labute approximate surface area is 120 Å². The van der Waals surface area contributed by atoms with Crippen LogP contribution in [0, 0.1) is 5.92 Å². The Morgan fingerprint density at radius 2 is 1.80 bits per heavy atom. The highest BCUT2D eigenvalue weighted by Gasteiger charge is 2.34. The van der Waals surface area contributed by atoms with Crippen molar-refractivity contribution in [2.75, 3.05) is 39.3 Å². The molecule has 0 bridgehead atoms. The van der Waals surface area contributed by atoms with Crippen LogP contribution < -0.4 is 0 Å². The zero-order chi connectivity index (χ0) is 14.7. The normalized spacial score (nSPS) is 25.1. The van der Waals surface area contributed by atoms with Crippen LogP contribution in [-0.4, -0.2) is 77.1 Å². The summed E-state index contributed by atoms with van der Waals surface area (Å²) < 4.78 is 0. The standard InChI is InChI=1S/C14H25N3O3/c1-11(2)15-5-3-6-16(9-8-15)13(18)12-4-7-17(10-12)14(19)20/h11-12H,3-10H2,1-2H3,(H,19,20). The number of hydrogen-bond acceptors (Lipinski definition) is 3. The number of carbonyl (C=O) groups excluding carboxylic acids is 1. The fourth-order valence-corrected chi connectivity index (χ4v) is 3.07. The van der Waals surface area contributed by atoms with Crippen molar-refractivity contribution in [3.05, 3.63) is 0 Å². The fraction of sp³-hybridized carbons (Fsp3) is 0.857. The second-order valence-corrected chi connectivity index (χ2v) is 6.02. The Kier molecular flexibility index (Phi) is 4.86. The molecule has 2 rings (SSSR count). The van der Waals surface area contributed by atoms with Crippen LogP contribution in [0.15, 0.2) is 0 Å².